The number of carbonyl (C=O) groups is 2. The second-order valence-electron chi connectivity index (χ2n) is 19.8. The maximum atomic E-state index is 15.0. The standard InChI is InChI=1S/C55H65N3O6/c1-3-33(26-34-10-5-4-6-11-34)28-47-55-24-22-42(43-19-20-44-46(63-53(61)50(44)51(43)55)21-16-38(32-59)36-23-25-57-48(29-36)56-2)49(52(55)54(62)64-47)45-30-40(60)17-18-41(45)37-13-9-12-35(27-37)31-58-39-14-7-8-15-39/h4-6,9-13,17-18,21,27-28,30,33,36,38-39,42-43,48,51,56-60H,3,7-8,14-16,19-20,22-26,29,31-32H2,1-2H3/b46-21?,47-28-/t33-,36+,38+,42+,43-,48-,51+,55+/m0/s1. The number of carbonyl (C=O) groups excluding carboxylic acids is 2. The van der Waals surface area contributed by atoms with E-state index in [9.17, 15) is 19.8 Å². The van der Waals surface area contributed by atoms with Gasteiger partial charge in [-0.15, -0.1) is 0 Å². The van der Waals surface area contributed by atoms with E-state index in [0.717, 1.165) is 79.5 Å². The monoisotopic (exact) mass is 863 g/mol. The van der Waals surface area contributed by atoms with Crippen LogP contribution in [0.25, 0.3) is 16.7 Å². The van der Waals surface area contributed by atoms with Crippen LogP contribution in [0, 0.1) is 40.9 Å². The third-order valence-electron chi connectivity index (χ3n) is 16.4. The Morgan fingerprint density at radius 3 is 2.53 bits per heavy atom. The first-order chi connectivity index (χ1) is 31.3. The summed E-state index contributed by atoms with van der Waals surface area (Å²) >= 11 is 0. The van der Waals surface area contributed by atoms with Gasteiger partial charge in [0, 0.05) is 36.3 Å². The van der Waals surface area contributed by atoms with Crippen molar-refractivity contribution < 1.29 is 29.3 Å². The van der Waals surface area contributed by atoms with Gasteiger partial charge in [-0.25, -0.2) is 9.59 Å². The molecule has 5 aliphatic carbocycles. The lowest BCUT2D eigenvalue weighted by molar-refractivity contribution is -0.135. The number of nitrogens with one attached hydrogen (secondary N) is 3. The minimum absolute atomic E-state index is 0.0264. The van der Waals surface area contributed by atoms with Crippen LogP contribution in [0.1, 0.15) is 101 Å². The van der Waals surface area contributed by atoms with Crippen molar-refractivity contribution in [3.05, 3.63) is 130 Å². The zero-order valence-electron chi connectivity index (χ0n) is 37.5. The highest BCUT2D eigenvalue weighted by Crippen LogP contribution is 2.72. The van der Waals surface area contributed by atoms with Crippen molar-refractivity contribution in [3.63, 3.8) is 0 Å². The topological polar surface area (TPSA) is 129 Å². The highest BCUT2D eigenvalue weighted by Gasteiger charge is 2.68. The van der Waals surface area contributed by atoms with Gasteiger partial charge >= 0.3 is 11.9 Å². The summed E-state index contributed by atoms with van der Waals surface area (Å²) in [5.74, 6) is 1.04. The van der Waals surface area contributed by atoms with Crippen LogP contribution in [0.4, 0.5) is 0 Å². The second-order valence-corrected chi connectivity index (χ2v) is 19.8. The van der Waals surface area contributed by atoms with Crippen molar-refractivity contribution >= 4 is 17.5 Å². The lowest BCUT2D eigenvalue weighted by atomic mass is 9.44. The number of esters is 2. The fourth-order valence-electron chi connectivity index (χ4n) is 13.2. The molecule has 4 fully saturated rings. The molecule has 2 bridgehead atoms. The summed E-state index contributed by atoms with van der Waals surface area (Å²) in [6.07, 6.45) is 16.8. The van der Waals surface area contributed by atoms with E-state index >= 15 is 0 Å². The van der Waals surface area contributed by atoms with Gasteiger partial charge in [0.25, 0.3) is 0 Å². The normalized spacial score (nSPS) is 29.8. The Kier molecular flexibility index (Phi) is 12.3. The van der Waals surface area contributed by atoms with Gasteiger partial charge in [-0.2, -0.15) is 0 Å². The molecule has 8 aliphatic rings. The molecule has 2 saturated carbocycles. The third kappa shape index (κ3) is 7.80. The number of cyclic esters (lactones) is 2. The van der Waals surface area contributed by atoms with Crippen molar-refractivity contribution in [2.24, 2.45) is 40.9 Å². The molecule has 0 aromatic heterocycles. The van der Waals surface area contributed by atoms with Gasteiger partial charge in [-0.1, -0.05) is 74.4 Å². The lowest BCUT2D eigenvalue weighted by Crippen LogP contribution is -2.52. The molecule has 0 unspecified atom stereocenters. The van der Waals surface area contributed by atoms with E-state index in [1.807, 2.05) is 25.2 Å². The molecule has 11 rings (SSSR count). The number of aliphatic hydroxyl groups excluding tert-OH is 1. The molecule has 3 aromatic rings. The molecule has 336 valence electrons. The van der Waals surface area contributed by atoms with Gasteiger partial charge in [0.1, 0.15) is 17.3 Å². The molecule has 5 N–H and O–H groups in total. The first-order valence-corrected chi connectivity index (χ1v) is 24.4. The number of rotatable bonds is 14. The zero-order valence-corrected chi connectivity index (χ0v) is 37.5. The van der Waals surface area contributed by atoms with Gasteiger partial charge in [0.05, 0.1) is 17.2 Å². The summed E-state index contributed by atoms with van der Waals surface area (Å²) in [7, 11) is 1.96. The fraction of sp³-hybridized carbons (Fsp3) is 0.491. The smallest absolute Gasteiger partial charge is 0.340 e. The molecular formula is C55H65N3O6. The number of allylic oxidation sites excluding steroid dienone is 5. The van der Waals surface area contributed by atoms with Crippen molar-refractivity contribution in [1.82, 2.24) is 16.0 Å². The Balaban J connectivity index is 1.08. The average molecular weight is 864 g/mol. The van der Waals surface area contributed by atoms with Crippen LogP contribution in [-0.2, 0) is 32.0 Å². The number of phenolic OH excluding ortho intramolecular Hbond substituents is 1. The maximum Gasteiger partial charge on any atom is 0.340 e. The van der Waals surface area contributed by atoms with Crippen LogP contribution in [-0.4, -0.2) is 54.6 Å². The van der Waals surface area contributed by atoms with E-state index < -0.39 is 5.41 Å². The molecule has 9 heteroatoms. The number of piperidine rings is 1. The molecule has 1 spiro atoms. The van der Waals surface area contributed by atoms with Crippen molar-refractivity contribution in [1.29, 1.82) is 0 Å². The number of hydrogen-bond acceptors (Lipinski definition) is 9. The van der Waals surface area contributed by atoms with Crippen LogP contribution in [0.5, 0.6) is 5.75 Å². The quantitative estimate of drug-likeness (QED) is 0.101. The Morgan fingerprint density at radius 2 is 1.73 bits per heavy atom. The van der Waals surface area contributed by atoms with Crippen molar-refractivity contribution in [2.45, 2.75) is 109 Å². The first kappa shape index (κ1) is 43.1. The Morgan fingerprint density at radius 1 is 0.906 bits per heavy atom. The van der Waals surface area contributed by atoms with Gasteiger partial charge in [0.15, 0.2) is 0 Å². The van der Waals surface area contributed by atoms with Gasteiger partial charge < -0.3 is 35.6 Å². The van der Waals surface area contributed by atoms with Gasteiger partial charge in [0.2, 0.25) is 0 Å². The summed E-state index contributed by atoms with van der Waals surface area (Å²) in [6.45, 7) is 3.95. The number of fused-ring (bicyclic) bond motifs is 1. The maximum absolute atomic E-state index is 15.0. The van der Waals surface area contributed by atoms with Crippen LogP contribution in [0.2, 0.25) is 0 Å². The molecule has 0 amide bonds. The number of hydrogen-bond donors (Lipinski definition) is 5. The molecule has 3 aromatic carbocycles. The van der Waals surface area contributed by atoms with Crippen LogP contribution < -0.4 is 16.0 Å². The lowest BCUT2D eigenvalue weighted by Gasteiger charge is -2.56. The summed E-state index contributed by atoms with van der Waals surface area (Å²) in [5, 5.41) is 32.5. The summed E-state index contributed by atoms with van der Waals surface area (Å²) in [4.78, 5) is 29.5. The number of aromatic hydroxyl groups is 1. The number of ether oxygens (including phenoxy) is 2. The van der Waals surface area contributed by atoms with Crippen LogP contribution in [0.3, 0.4) is 0 Å². The highest BCUT2D eigenvalue weighted by molar-refractivity contribution is 6.07. The second kappa shape index (κ2) is 18.2. The van der Waals surface area contributed by atoms with Crippen molar-refractivity contribution in [2.75, 3.05) is 20.2 Å². The molecule has 3 heterocycles. The van der Waals surface area contributed by atoms with Crippen LogP contribution in [0.15, 0.2) is 113 Å². The van der Waals surface area contributed by atoms with Gasteiger partial charge in [-0.05, 0) is 178 Å². The largest absolute Gasteiger partial charge is 0.508 e. The van der Waals surface area contributed by atoms with Gasteiger partial charge in [-0.3, -0.25) is 0 Å². The average Bonchev–Trinajstić information content (AvgIpc) is 4.05. The Labute approximate surface area is 378 Å². The summed E-state index contributed by atoms with van der Waals surface area (Å²) in [6, 6.07) is 25.3. The summed E-state index contributed by atoms with van der Waals surface area (Å²) in [5.41, 5.74) is 7.76. The molecular weight excluding hydrogens is 799 g/mol. The molecule has 9 nitrogen and oxygen atoms in total. The predicted octanol–water partition coefficient (Wildman–Crippen LogP) is 9.27. The van der Waals surface area contributed by atoms with E-state index in [1.165, 1.54) is 36.8 Å². The first-order valence-electron chi connectivity index (χ1n) is 24.4. The number of phenols is 1. The van der Waals surface area contributed by atoms with E-state index in [-0.39, 0.29) is 60.1 Å². The molecule has 0 radical (unpaired) electrons. The van der Waals surface area contributed by atoms with E-state index in [2.05, 4.69) is 83.6 Å². The summed E-state index contributed by atoms with van der Waals surface area (Å²) < 4.78 is 12.9. The predicted molar refractivity (Wildman–Crippen MR) is 249 cm³/mol. The molecule has 64 heavy (non-hydrogen) atoms. The molecule has 8 atom stereocenters. The fourth-order valence-corrected chi connectivity index (χ4v) is 13.2. The van der Waals surface area contributed by atoms with E-state index in [4.69, 9.17) is 9.47 Å². The third-order valence-corrected chi connectivity index (χ3v) is 16.4. The Bertz CT molecular complexity index is 2390. The number of benzene rings is 3. The van der Waals surface area contributed by atoms with E-state index in [1.54, 1.807) is 6.07 Å². The molecule has 3 aliphatic heterocycles. The minimum Gasteiger partial charge on any atom is -0.508 e. The SMILES string of the molecule is CC[C@H](/C=C1\OC(=O)C2=C(c3cc(O)ccc3-c3cccc(CNC4CCCC4)c3)[C@@H]3CC[C@@]21[C@H]1C2=C(CC[C@@H]31)C(=CC[C@H](CO)[C@@H]1CCN[C@H](NC)C1)OC2=O)Cc1ccccc1. The molecule has 2 saturated heterocycles. The van der Waals surface area contributed by atoms with Crippen LogP contribution >= 0.6 is 0 Å². The Hall–Kier alpha value is -4.80. The number of aliphatic hydroxyl groups is 1. The zero-order chi connectivity index (χ0) is 44.0. The highest BCUT2D eigenvalue weighted by atomic mass is 16.5. The minimum atomic E-state index is -0.869. The van der Waals surface area contributed by atoms with E-state index in [0.29, 0.717) is 53.9 Å². The van der Waals surface area contributed by atoms with Crippen molar-refractivity contribution in [3.8, 4) is 16.9 Å².